The molecule has 1 aliphatic heterocycles. The van der Waals surface area contributed by atoms with Crippen molar-refractivity contribution in [3.8, 4) is 0 Å². The number of piperazine rings is 1. The minimum atomic E-state index is 0.769. The number of nitrogens with zero attached hydrogens (tertiary/aromatic N) is 4. The van der Waals surface area contributed by atoms with Gasteiger partial charge in [-0.15, -0.1) is 0 Å². The van der Waals surface area contributed by atoms with Gasteiger partial charge in [0.2, 0.25) is 0 Å². The summed E-state index contributed by atoms with van der Waals surface area (Å²) in [6.07, 6.45) is 4.32. The van der Waals surface area contributed by atoms with E-state index in [0.717, 1.165) is 50.4 Å². The van der Waals surface area contributed by atoms with Crippen molar-refractivity contribution in [1.82, 2.24) is 15.2 Å². The Morgan fingerprint density at radius 3 is 2.64 bits per heavy atom. The lowest BCUT2D eigenvalue weighted by Crippen LogP contribution is -2.52. The number of rotatable bonds is 5. The van der Waals surface area contributed by atoms with Gasteiger partial charge in [-0.25, -0.2) is 4.98 Å². The molecule has 1 fully saturated rings. The molecule has 1 saturated heterocycles. The molecule has 0 amide bonds. The van der Waals surface area contributed by atoms with Crippen LogP contribution < -0.4 is 10.2 Å². The fourth-order valence-corrected chi connectivity index (χ4v) is 2.73. The van der Waals surface area contributed by atoms with Gasteiger partial charge in [0.1, 0.15) is 5.82 Å². The maximum absolute atomic E-state index is 4.43. The molecular weight excluding hydrogens is 274 g/mol. The summed E-state index contributed by atoms with van der Waals surface area (Å²) >= 11 is 0. The molecule has 0 atom stereocenters. The Balaban J connectivity index is 1.77. The smallest absolute Gasteiger partial charge is 0.193 e. The maximum Gasteiger partial charge on any atom is 0.193 e. The number of pyridine rings is 1. The van der Waals surface area contributed by atoms with Gasteiger partial charge in [-0.1, -0.05) is 19.9 Å². The zero-order valence-electron chi connectivity index (χ0n) is 14.1. The number of hydrogen-bond acceptors (Lipinski definition) is 3. The minimum Gasteiger partial charge on any atom is -0.356 e. The van der Waals surface area contributed by atoms with E-state index >= 15 is 0 Å². The summed E-state index contributed by atoms with van der Waals surface area (Å²) in [7, 11) is 1.87. The van der Waals surface area contributed by atoms with Gasteiger partial charge in [-0.3, -0.25) is 4.99 Å². The second-order valence-corrected chi connectivity index (χ2v) is 6.17. The van der Waals surface area contributed by atoms with Crippen molar-refractivity contribution in [3.05, 3.63) is 24.4 Å². The summed E-state index contributed by atoms with van der Waals surface area (Å²) in [4.78, 5) is 13.5. The SMILES string of the molecule is CN=C(NCCCC(C)C)N1CCN(c2ccccn2)CC1. The number of aliphatic imine (C=N–C) groups is 1. The first kappa shape index (κ1) is 16.6. The molecule has 122 valence electrons. The molecule has 5 heteroatoms. The molecule has 0 bridgehead atoms. The lowest BCUT2D eigenvalue weighted by Gasteiger charge is -2.37. The van der Waals surface area contributed by atoms with Crippen LogP contribution in [-0.2, 0) is 0 Å². The van der Waals surface area contributed by atoms with E-state index in [1.165, 1.54) is 12.8 Å². The number of hydrogen-bond donors (Lipinski definition) is 1. The van der Waals surface area contributed by atoms with Gasteiger partial charge in [-0.05, 0) is 30.9 Å². The molecule has 1 aliphatic rings. The van der Waals surface area contributed by atoms with Gasteiger partial charge in [0, 0.05) is 46.0 Å². The molecular formula is C17H29N5. The molecule has 0 unspecified atom stereocenters. The predicted molar refractivity (Wildman–Crippen MR) is 93.5 cm³/mol. The Labute approximate surface area is 134 Å². The van der Waals surface area contributed by atoms with Gasteiger partial charge >= 0.3 is 0 Å². The van der Waals surface area contributed by atoms with Crippen molar-refractivity contribution in [2.45, 2.75) is 26.7 Å². The topological polar surface area (TPSA) is 43.8 Å². The summed E-state index contributed by atoms with van der Waals surface area (Å²) in [5, 5.41) is 3.49. The van der Waals surface area contributed by atoms with E-state index in [2.05, 4.69) is 45.0 Å². The van der Waals surface area contributed by atoms with Gasteiger partial charge in [-0.2, -0.15) is 0 Å². The molecule has 0 spiro atoms. The second-order valence-electron chi connectivity index (χ2n) is 6.17. The van der Waals surface area contributed by atoms with Crippen LogP contribution in [0.5, 0.6) is 0 Å². The van der Waals surface area contributed by atoms with Crippen molar-refractivity contribution in [1.29, 1.82) is 0 Å². The molecule has 1 N–H and O–H groups in total. The Morgan fingerprint density at radius 1 is 1.27 bits per heavy atom. The van der Waals surface area contributed by atoms with E-state index in [9.17, 15) is 0 Å². The van der Waals surface area contributed by atoms with Crippen LogP contribution in [0.2, 0.25) is 0 Å². The quantitative estimate of drug-likeness (QED) is 0.514. The minimum absolute atomic E-state index is 0.769. The average Bonchev–Trinajstić information content (AvgIpc) is 2.56. The van der Waals surface area contributed by atoms with Crippen molar-refractivity contribution in [2.75, 3.05) is 44.7 Å². The van der Waals surface area contributed by atoms with Crippen LogP contribution in [0.3, 0.4) is 0 Å². The fraction of sp³-hybridized carbons (Fsp3) is 0.647. The zero-order valence-corrected chi connectivity index (χ0v) is 14.1. The third-order valence-electron chi connectivity index (χ3n) is 4.01. The van der Waals surface area contributed by atoms with E-state index in [-0.39, 0.29) is 0 Å². The Morgan fingerprint density at radius 2 is 2.05 bits per heavy atom. The Hall–Kier alpha value is -1.78. The molecule has 1 aromatic heterocycles. The molecule has 0 aromatic carbocycles. The fourth-order valence-electron chi connectivity index (χ4n) is 2.73. The molecule has 0 saturated carbocycles. The highest BCUT2D eigenvalue weighted by Crippen LogP contribution is 2.12. The largest absolute Gasteiger partial charge is 0.356 e. The number of guanidine groups is 1. The first-order valence-corrected chi connectivity index (χ1v) is 8.32. The lowest BCUT2D eigenvalue weighted by atomic mass is 10.1. The van der Waals surface area contributed by atoms with Gasteiger partial charge in [0.05, 0.1) is 0 Å². The van der Waals surface area contributed by atoms with Crippen molar-refractivity contribution < 1.29 is 0 Å². The number of nitrogens with one attached hydrogen (secondary N) is 1. The van der Waals surface area contributed by atoms with E-state index in [0.29, 0.717) is 0 Å². The number of anilines is 1. The van der Waals surface area contributed by atoms with Crippen molar-refractivity contribution in [2.24, 2.45) is 10.9 Å². The third-order valence-corrected chi connectivity index (χ3v) is 4.01. The maximum atomic E-state index is 4.43. The highest BCUT2D eigenvalue weighted by Gasteiger charge is 2.20. The van der Waals surface area contributed by atoms with E-state index in [1.807, 2.05) is 25.4 Å². The van der Waals surface area contributed by atoms with Crippen molar-refractivity contribution >= 4 is 11.8 Å². The predicted octanol–water partition coefficient (Wildman–Crippen LogP) is 2.22. The Kier molecular flexibility index (Phi) is 6.49. The standard InChI is InChI=1S/C17H29N5/c1-15(2)7-6-10-20-17(18-3)22-13-11-21(12-14-22)16-8-4-5-9-19-16/h4-5,8-9,15H,6-7,10-14H2,1-3H3,(H,18,20). The van der Waals surface area contributed by atoms with Gasteiger partial charge in [0.25, 0.3) is 0 Å². The molecule has 5 nitrogen and oxygen atoms in total. The molecule has 0 aliphatic carbocycles. The van der Waals surface area contributed by atoms with Crippen molar-refractivity contribution in [3.63, 3.8) is 0 Å². The van der Waals surface area contributed by atoms with Crippen LogP contribution in [0.15, 0.2) is 29.4 Å². The van der Waals surface area contributed by atoms with E-state index in [4.69, 9.17) is 0 Å². The molecule has 2 rings (SSSR count). The molecule has 1 aromatic rings. The van der Waals surface area contributed by atoms with Gasteiger partial charge in [0.15, 0.2) is 5.96 Å². The van der Waals surface area contributed by atoms with Crippen LogP contribution in [0.1, 0.15) is 26.7 Å². The van der Waals surface area contributed by atoms with Crippen LogP contribution in [0.4, 0.5) is 5.82 Å². The summed E-state index contributed by atoms with van der Waals surface area (Å²) in [6, 6.07) is 6.08. The monoisotopic (exact) mass is 303 g/mol. The van der Waals surface area contributed by atoms with Gasteiger partial charge < -0.3 is 15.1 Å². The zero-order chi connectivity index (χ0) is 15.8. The summed E-state index contributed by atoms with van der Waals surface area (Å²) in [5.74, 6) is 2.87. The third kappa shape index (κ3) is 4.90. The van der Waals surface area contributed by atoms with E-state index < -0.39 is 0 Å². The summed E-state index contributed by atoms with van der Waals surface area (Å²) in [6.45, 7) is 9.50. The highest BCUT2D eigenvalue weighted by atomic mass is 15.4. The summed E-state index contributed by atoms with van der Waals surface area (Å²) in [5.41, 5.74) is 0. The van der Waals surface area contributed by atoms with E-state index in [1.54, 1.807) is 0 Å². The average molecular weight is 303 g/mol. The molecule has 22 heavy (non-hydrogen) atoms. The van der Waals surface area contributed by atoms with Crippen LogP contribution in [0, 0.1) is 5.92 Å². The summed E-state index contributed by atoms with van der Waals surface area (Å²) < 4.78 is 0. The van der Waals surface area contributed by atoms with Crippen LogP contribution in [0.25, 0.3) is 0 Å². The normalized spacial score (nSPS) is 16.3. The first-order chi connectivity index (χ1) is 10.7. The first-order valence-electron chi connectivity index (χ1n) is 8.32. The number of aromatic nitrogens is 1. The second kappa shape index (κ2) is 8.61. The van der Waals surface area contributed by atoms with Crippen LogP contribution in [-0.4, -0.2) is 55.6 Å². The highest BCUT2D eigenvalue weighted by molar-refractivity contribution is 5.80. The lowest BCUT2D eigenvalue weighted by molar-refractivity contribution is 0.370. The molecule has 0 radical (unpaired) electrons. The molecule has 2 heterocycles. The Bertz CT molecular complexity index is 449. The van der Waals surface area contributed by atoms with Crippen LogP contribution >= 0.6 is 0 Å².